The summed E-state index contributed by atoms with van der Waals surface area (Å²) in [6.45, 7) is -2.76. The number of guanidine groups is 1. The fourth-order valence-corrected chi connectivity index (χ4v) is 4.46. The van der Waals surface area contributed by atoms with Crippen molar-refractivity contribution in [2.45, 2.75) is 67.8 Å². The smallest absolute Gasteiger partial charge is 0.316 e. The van der Waals surface area contributed by atoms with E-state index >= 15 is 0 Å². The molecule has 0 aromatic rings. The Morgan fingerprint density at radius 2 is 1.61 bits per heavy atom. The highest BCUT2D eigenvalue weighted by atomic mass is 16.3. The van der Waals surface area contributed by atoms with Gasteiger partial charge in [-0.1, -0.05) is 0 Å². The summed E-state index contributed by atoms with van der Waals surface area (Å²) in [6.07, 6.45) is -2.60. The van der Waals surface area contributed by atoms with Crippen LogP contribution in [0.3, 0.4) is 0 Å². The molecule has 2 rings (SSSR count). The lowest BCUT2D eigenvalue weighted by Gasteiger charge is -2.31. The summed E-state index contributed by atoms with van der Waals surface area (Å²) >= 11 is 0. The Morgan fingerprint density at radius 1 is 0.980 bits per heavy atom. The van der Waals surface area contributed by atoms with E-state index in [1.165, 1.54) is 0 Å². The number of carbonyl (C=O) groups is 7. The quantitative estimate of drug-likeness (QED) is 0.0940. The first-order valence-electron chi connectivity index (χ1n) is 14.8. The van der Waals surface area contributed by atoms with Crippen molar-refractivity contribution in [3.63, 3.8) is 0 Å². The average Bonchev–Trinajstić information content (AvgIpc) is 3.03. The van der Waals surface area contributed by atoms with Crippen LogP contribution < -0.4 is 65.5 Å². The maximum atomic E-state index is 13.6. The van der Waals surface area contributed by atoms with Crippen LogP contribution in [0.15, 0.2) is 16.9 Å². The highest BCUT2D eigenvalue weighted by Crippen LogP contribution is 2.12. The highest BCUT2D eigenvalue weighted by molar-refractivity contribution is 6.02. The Bertz CT molecular complexity index is 1310. The molecule has 8 amide bonds. The van der Waals surface area contributed by atoms with Crippen molar-refractivity contribution in [3.8, 4) is 0 Å². The van der Waals surface area contributed by atoms with Crippen LogP contribution in [0, 0.1) is 0 Å². The van der Waals surface area contributed by atoms with Gasteiger partial charge in [0.1, 0.15) is 36.1 Å². The monoisotopic (exact) mass is 701 g/mol. The van der Waals surface area contributed by atoms with Crippen LogP contribution >= 0.6 is 0 Å². The number of nitrogens with zero attached hydrogens (tertiary/aromatic N) is 1. The molecule has 0 spiro atoms. The maximum Gasteiger partial charge on any atom is 0.316 e. The minimum absolute atomic E-state index is 0.0650. The van der Waals surface area contributed by atoms with Gasteiger partial charge in [0.15, 0.2) is 5.96 Å². The van der Waals surface area contributed by atoms with E-state index in [4.69, 9.17) is 22.9 Å². The van der Waals surface area contributed by atoms with E-state index < -0.39 is 122 Å². The first-order chi connectivity index (χ1) is 23.1. The minimum atomic E-state index is -1.81. The van der Waals surface area contributed by atoms with E-state index in [0.29, 0.717) is 6.20 Å². The van der Waals surface area contributed by atoms with E-state index in [1.807, 2.05) is 5.32 Å². The van der Waals surface area contributed by atoms with Crippen LogP contribution in [0.25, 0.3) is 0 Å². The Balaban J connectivity index is 2.56. The van der Waals surface area contributed by atoms with Crippen molar-refractivity contribution in [2.75, 3.05) is 26.3 Å². The van der Waals surface area contributed by atoms with E-state index in [9.17, 15) is 54.0 Å². The summed E-state index contributed by atoms with van der Waals surface area (Å²) in [5, 5.41) is 57.5. The third-order valence-corrected chi connectivity index (χ3v) is 7.04. The molecule has 0 radical (unpaired) electrons. The summed E-state index contributed by atoms with van der Waals surface area (Å²) in [4.78, 5) is 94.4. The third kappa shape index (κ3) is 12.4. The predicted octanol–water partition coefficient (Wildman–Crippen LogP) is -9.91. The molecule has 0 bridgehead atoms. The molecule has 0 aromatic heterocycles. The van der Waals surface area contributed by atoms with Gasteiger partial charge in [0.2, 0.25) is 29.5 Å². The van der Waals surface area contributed by atoms with Crippen LogP contribution in [0.1, 0.15) is 19.3 Å². The lowest BCUT2D eigenvalue weighted by atomic mass is 10.0. The number of carbonyl (C=O) groups excluding carboxylic acids is 7. The van der Waals surface area contributed by atoms with Crippen LogP contribution in [-0.4, -0.2) is 143 Å². The molecule has 0 aliphatic carbocycles. The van der Waals surface area contributed by atoms with Gasteiger partial charge in [-0.05, 0) is 13.0 Å². The van der Waals surface area contributed by atoms with Crippen LogP contribution in [0.4, 0.5) is 4.79 Å². The number of aliphatic hydroxyl groups excluding tert-OH is 4. The Labute approximate surface area is 278 Å². The van der Waals surface area contributed by atoms with Crippen molar-refractivity contribution >= 4 is 47.4 Å². The maximum absolute atomic E-state index is 13.6. The molecule has 2 aliphatic heterocycles. The fraction of sp³-hybridized carbons (Fsp3) is 0.600. The summed E-state index contributed by atoms with van der Waals surface area (Å²) in [7, 11) is 0. The summed E-state index contributed by atoms with van der Waals surface area (Å²) < 4.78 is 0. The van der Waals surface area contributed by atoms with Gasteiger partial charge in [0, 0.05) is 31.6 Å². The number of aliphatic hydroxyl groups is 4. The molecule has 2 aliphatic rings. The van der Waals surface area contributed by atoms with E-state index in [-0.39, 0.29) is 25.3 Å². The van der Waals surface area contributed by atoms with Crippen molar-refractivity contribution in [1.29, 1.82) is 0 Å². The lowest BCUT2D eigenvalue weighted by molar-refractivity contribution is -0.135. The number of nitrogens with two attached hydrogens (primary N) is 4. The molecule has 8 atom stereocenters. The summed E-state index contributed by atoms with van der Waals surface area (Å²) in [6, 6.07) is -10.5. The van der Waals surface area contributed by atoms with Gasteiger partial charge in [-0.15, -0.1) is 0 Å². The number of amides is 8. The van der Waals surface area contributed by atoms with Gasteiger partial charge in [-0.25, -0.2) is 9.79 Å². The Kier molecular flexibility index (Phi) is 15.5. The molecule has 0 aromatic carbocycles. The lowest BCUT2D eigenvalue weighted by Crippen LogP contribution is -2.63. The molecule has 20 N–H and O–H groups in total. The number of hydrogen-bond acceptors (Lipinski definition) is 16. The Hall–Kier alpha value is -5.14. The molecule has 49 heavy (non-hydrogen) atoms. The average molecular weight is 702 g/mol. The normalized spacial score (nSPS) is 27.9. The zero-order chi connectivity index (χ0) is 36.8. The molecule has 24 heteroatoms. The fourth-order valence-electron chi connectivity index (χ4n) is 4.46. The molecule has 1 fully saturated rings. The zero-order valence-corrected chi connectivity index (χ0v) is 26.0. The van der Waals surface area contributed by atoms with E-state index in [1.54, 1.807) is 0 Å². The molecule has 274 valence electrons. The first kappa shape index (κ1) is 40.0. The zero-order valence-electron chi connectivity index (χ0n) is 26.0. The predicted molar refractivity (Wildman–Crippen MR) is 165 cm³/mol. The number of aliphatic imine (C=N–C) groups is 1. The third-order valence-electron chi connectivity index (χ3n) is 7.04. The number of rotatable bonds is 10. The van der Waals surface area contributed by atoms with Gasteiger partial charge in [0.25, 0.3) is 5.91 Å². The van der Waals surface area contributed by atoms with Crippen molar-refractivity contribution < 1.29 is 54.0 Å². The van der Waals surface area contributed by atoms with Gasteiger partial charge < -0.3 is 85.9 Å². The minimum Gasteiger partial charge on any atom is -0.394 e. The van der Waals surface area contributed by atoms with Gasteiger partial charge in [0.05, 0.1) is 25.4 Å². The van der Waals surface area contributed by atoms with Crippen LogP contribution in [0.5, 0.6) is 0 Å². The molecule has 1 saturated heterocycles. The molecule has 2 heterocycles. The van der Waals surface area contributed by atoms with Gasteiger partial charge in [-0.3, -0.25) is 28.8 Å². The number of hydrogen-bond donors (Lipinski definition) is 16. The van der Waals surface area contributed by atoms with Crippen molar-refractivity contribution in [3.05, 3.63) is 11.9 Å². The second-order valence-corrected chi connectivity index (χ2v) is 10.8. The number of urea groups is 1. The number of primary amides is 1. The van der Waals surface area contributed by atoms with Crippen LogP contribution in [0.2, 0.25) is 0 Å². The summed E-state index contributed by atoms with van der Waals surface area (Å²) in [5.41, 5.74) is 21.3. The molecule has 6 unspecified atom stereocenters. The van der Waals surface area contributed by atoms with Crippen molar-refractivity contribution in [2.24, 2.45) is 27.9 Å². The topological polar surface area (TPSA) is 413 Å². The standard InChI is InChI=1S/C25H43N13O11/c26-2-1-15(41)9(27)3-16(42)32-11-5-30-23(48)18(10-4-17(43)37-24(28)36-10)38-20(45)12(6-31-25(29)49)33-21(46)13(7-39)35-22(47)14(8-40)34-19(11)44/h6,9-11,13-15,17-18,39-41,43H,1-5,7-8,26-27H2,(H,30,48)(H,32,42)(H,33,46)(H,34,44)(H,35,47)(H,38,45)(H3,28,36,37)(H3,29,31,49)/b12-6-/t9?,10-,11?,13?,14?,15?,17+,18?/m1/s1. The van der Waals surface area contributed by atoms with Gasteiger partial charge in [-0.2, -0.15) is 0 Å². The first-order valence-corrected chi connectivity index (χ1v) is 14.8. The Morgan fingerprint density at radius 3 is 2.20 bits per heavy atom. The number of nitrogens with one attached hydrogen (secondary N) is 8. The highest BCUT2D eigenvalue weighted by Gasteiger charge is 2.37. The second kappa shape index (κ2) is 19.0. The molecule has 0 saturated carbocycles. The summed E-state index contributed by atoms with van der Waals surface area (Å²) in [5.74, 6) is -7.06. The SMILES string of the molecule is NCCC(O)C(N)CC(=O)NC1CNC(=O)C([C@H]2C[C@H](O)NC(N)=N2)NC(=O)/C(=C/NC(N)=O)NC(=O)C(CO)NC(=O)C(CO)NC1=O. The molecule has 24 nitrogen and oxygen atoms in total. The van der Waals surface area contributed by atoms with Crippen molar-refractivity contribution in [1.82, 2.24) is 42.5 Å². The van der Waals surface area contributed by atoms with E-state index in [0.717, 1.165) is 0 Å². The van der Waals surface area contributed by atoms with E-state index in [2.05, 4.69) is 42.2 Å². The molecular weight excluding hydrogens is 658 g/mol. The molecular formula is C25H43N13O11. The largest absolute Gasteiger partial charge is 0.394 e. The van der Waals surface area contributed by atoms with Crippen LogP contribution in [-0.2, 0) is 28.8 Å². The van der Waals surface area contributed by atoms with Gasteiger partial charge >= 0.3 is 6.03 Å². The second-order valence-electron chi connectivity index (χ2n) is 10.8.